The normalized spacial score (nSPS) is 17.8. The predicted molar refractivity (Wildman–Crippen MR) is 84.2 cm³/mol. The molecule has 0 spiro atoms. The van der Waals surface area contributed by atoms with Gasteiger partial charge in [-0.15, -0.1) is 0 Å². The van der Waals surface area contributed by atoms with Crippen molar-refractivity contribution in [2.24, 2.45) is 5.92 Å². The summed E-state index contributed by atoms with van der Waals surface area (Å²) in [5.74, 6) is 0.950. The molecular weight excluding hydrogens is 277 g/mol. The molecule has 1 atom stereocenters. The minimum Gasteiger partial charge on any atom is -0.317 e. The summed E-state index contributed by atoms with van der Waals surface area (Å²) in [6.07, 6.45) is 9.23. The lowest BCUT2D eigenvalue weighted by atomic mass is 9.95. The van der Waals surface area contributed by atoms with Gasteiger partial charge in [0.15, 0.2) is 0 Å². The van der Waals surface area contributed by atoms with E-state index in [0.717, 1.165) is 17.9 Å². The molecule has 1 unspecified atom stereocenters. The number of likely N-dealkylation sites (N-methyl/N-ethyl adjacent to an activating group) is 1. The molecule has 1 fully saturated rings. The summed E-state index contributed by atoms with van der Waals surface area (Å²) < 4.78 is 0. The topological polar surface area (TPSA) is 12.0 Å². The molecule has 0 bridgehead atoms. The van der Waals surface area contributed by atoms with E-state index in [1.807, 2.05) is 19.2 Å². The highest BCUT2D eigenvalue weighted by Crippen LogP contribution is 2.30. The molecule has 1 nitrogen and oxygen atoms in total. The Morgan fingerprint density at radius 3 is 2.68 bits per heavy atom. The van der Waals surface area contributed by atoms with Crippen LogP contribution >= 0.6 is 23.2 Å². The summed E-state index contributed by atoms with van der Waals surface area (Å²) in [6.45, 7) is 0. The van der Waals surface area contributed by atoms with Crippen molar-refractivity contribution in [3.05, 3.63) is 33.8 Å². The molecule has 0 heterocycles. The van der Waals surface area contributed by atoms with E-state index in [-0.39, 0.29) is 0 Å². The second-order valence-electron chi connectivity index (χ2n) is 5.63. The Hall–Kier alpha value is -0.240. The van der Waals surface area contributed by atoms with Gasteiger partial charge in [-0.25, -0.2) is 0 Å². The lowest BCUT2D eigenvalue weighted by Gasteiger charge is -2.19. The van der Waals surface area contributed by atoms with Gasteiger partial charge in [-0.1, -0.05) is 61.0 Å². The standard InChI is InChI=1S/C16H23Cl2N/c1-19-14(10-9-12-5-2-3-6-12)11-13-7-4-8-15(17)16(13)18/h4,7-8,12,14,19H,2-3,5-6,9-11H2,1H3. The molecule has 0 saturated heterocycles. The van der Waals surface area contributed by atoms with E-state index in [0.29, 0.717) is 16.1 Å². The molecular formula is C16H23Cl2N. The first kappa shape index (κ1) is 15.2. The van der Waals surface area contributed by atoms with E-state index in [1.165, 1.54) is 38.5 Å². The van der Waals surface area contributed by atoms with Crippen LogP contribution in [0, 0.1) is 5.92 Å². The summed E-state index contributed by atoms with van der Waals surface area (Å²) >= 11 is 12.3. The van der Waals surface area contributed by atoms with Gasteiger partial charge >= 0.3 is 0 Å². The molecule has 0 amide bonds. The fourth-order valence-corrected chi connectivity index (χ4v) is 3.45. The summed E-state index contributed by atoms with van der Waals surface area (Å²) in [4.78, 5) is 0. The van der Waals surface area contributed by atoms with E-state index in [2.05, 4.69) is 11.4 Å². The first-order valence-corrected chi connectivity index (χ1v) is 8.06. The molecule has 1 aromatic carbocycles. The van der Waals surface area contributed by atoms with Crippen LogP contribution in [0.3, 0.4) is 0 Å². The van der Waals surface area contributed by atoms with E-state index >= 15 is 0 Å². The first-order valence-electron chi connectivity index (χ1n) is 7.31. The third-order valence-corrected chi connectivity index (χ3v) is 5.16. The molecule has 0 radical (unpaired) electrons. The predicted octanol–water partition coefficient (Wildman–Crippen LogP) is 5.09. The number of rotatable bonds is 6. The number of halogens is 2. The molecule has 2 rings (SSSR count). The summed E-state index contributed by atoms with van der Waals surface area (Å²) in [5, 5.41) is 4.79. The van der Waals surface area contributed by atoms with Gasteiger partial charge in [-0.3, -0.25) is 0 Å². The van der Waals surface area contributed by atoms with Crippen LogP contribution in [0.5, 0.6) is 0 Å². The van der Waals surface area contributed by atoms with Crippen LogP contribution < -0.4 is 5.32 Å². The number of benzene rings is 1. The second-order valence-corrected chi connectivity index (χ2v) is 6.42. The first-order chi connectivity index (χ1) is 9.20. The maximum Gasteiger partial charge on any atom is 0.0624 e. The average molecular weight is 300 g/mol. The van der Waals surface area contributed by atoms with Gasteiger partial charge in [0.05, 0.1) is 10.0 Å². The molecule has 19 heavy (non-hydrogen) atoms. The average Bonchev–Trinajstić information content (AvgIpc) is 2.92. The summed E-state index contributed by atoms with van der Waals surface area (Å²) in [5.41, 5.74) is 1.15. The maximum atomic E-state index is 6.26. The molecule has 3 heteroatoms. The minimum absolute atomic E-state index is 0.497. The van der Waals surface area contributed by atoms with Crippen molar-refractivity contribution >= 4 is 23.2 Å². The highest BCUT2D eigenvalue weighted by molar-refractivity contribution is 6.42. The van der Waals surface area contributed by atoms with E-state index in [9.17, 15) is 0 Å². The SMILES string of the molecule is CNC(CCC1CCCC1)Cc1cccc(Cl)c1Cl. The smallest absolute Gasteiger partial charge is 0.0624 e. The van der Waals surface area contributed by atoms with E-state index < -0.39 is 0 Å². The van der Waals surface area contributed by atoms with Gasteiger partial charge in [0.25, 0.3) is 0 Å². The Labute approximate surface area is 126 Å². The van der Waals surface area contributed by atoms with E-state index in [1.54, 1.807) is 0 Å². The van der Waals surface area contributed by atoms with E-state index in [4.69, 9.17) is 23.2 Å². The zero-order chi connectivity index (χ0) is 13.7. The van der Waals surface area contributed by atoms with Crippen molar-refractivity contribution in [3.8, 4) is 0 Å². The fraction of sp³-hybridized carbons (Fsp3) is 0.625. The van der Waals surface area contributed by atoms with Gasteiger partial charge in [0.2, 0.25) is 0 Å². The molecule has 1 saturated carbocycles. The monoisotopic (exact) mass is 299 g/mol. The van der Waals surface area contributed by atoms with Crippen LogP contribution in [0.2, 0.25) is 10.0 Å². The molecule has 1 N–H and O–H groups in total. The Morgan fingerprint density at radius 1 is 1.26 bits per heavy atom. The highest BCUT2D eigenvalue weighted by atomic mass is 35.5. The molecule has 0 aromatic heterocycles. The summed E-state index contributed by atoms with van der Waals surface area (Å²) in [6, 6.07) is 6.40. The number of hydrogen-bond donors (Lipinski definition) is 1. The van der Waals surface area contributed by atoms with Gasteiger partial charge in [-0.2, -0.15) is 0 Å². The summed E-state index contributed by atoms with van der Waals surface area (Å²) in [7, 11) is 2.04. The third-order valence-electron chi connectivity index (χ3n) is 4.30. The molecule has 1 aliphatic carbocycles. The number of hydrogen-bond acceptors (Lipinski definition) is 1. The lowest BCUT2D eigenvalue weighted by molar-refractivity contribution is 0.418. The van der Waals surface area contributed by atoms with Crippen molar-refractivity contribution < 1.29 is 0 Å². The van der Waals surface area contributed by atoms with Crippen LogP contribution in [0.1, 0.15) is 44.1 Å². The second kappa shape index (κ2) is 7.52. The Morgan fingerprint density at radius 2 is 2.00 bits per heavy atom. The largest absolute Gasteiger partial charge is 0.317 e. The lowest BCUT2D eigenvalue weighted by Crippen LogP contribution is -2.28. The van der Waals surface area contributed by atoms with Crippen LogP contribution in [-0.4, -0.2) is 13.1 Å². The molecule has 106 valence electrons. The Balaban J connectivity index is 1.88. The minimum atomic E-state index is 0.497. The zero-order valence-electron chi connectivity index (χ0n) is 11.6. The molecule has 1 aliphatic rings. The van der Waals surface area contributed by atoms with Crippen LogP contribution in [0.25, 0.3) is 0 Å². The zero-order valence-corrected chi connectivity index (χ0v) is 13.1. The quantitative estimate of drug-likeness (QED) is 0.771. The van der Waals surface area contributed by atoms with Crippen LogP contribution in [-0.2, 0) is 6.42 Å². The molecule has 0 aliphatic heterocycles. The van der Waals surface area contributed by atoms with Crippen LogP contribution in [0.4, 0.5) is 0 Å². The molecule has 1 aromatic rings. The van der Waals surface area contributed by atoms with Crippen molar-refractivity contribution in [2.45, 2.75) is 51.0 Å². The van der Waals surface area contributed by atoms with Gasteiger partial charge in [-0.05, 0) is 43.9 Å². The van der Waals surface area contributed by atoms with Gasteiger partial charge < -0.3 is 5.32 Å². The number of nitrogens with one attached hydrogen (secondary N) is 1. The van der Waals surface area contributed by atoms with Crippen molar-refractivity contribution in [2.75, 3.05) is 7.05 Å². The Bertz CT molecular complexity index is 400. The third kappa shape index (κ3) is 4.37. The van der Waals surface area contributed by atoms with Gasteiger partial charge in [0, 0.05) is 6.04 Å². The Kier molecular flexibility index (Phi) is 6.00. The van der Waals surface area contributed by atoms with Crippen molar-refractivity contribution in [1.29, 1.82) is 0 Å². The van der Waals surface area contributed by atoms with Crippen LogP contribution in [0.15, 0.2) is 18.2 Å². The fourth-order valence-electron chi connectivity index (χ4n) is 3.06. The van der Waals surface area contributed by atoms with Crippen molar-refractivity contribution in [3.63, 3.8) is 0 Å². The van der Waals surface area contributed by atoms with Gasteiger partial charge in [0.1, 0.15) is 0 Å². The highest BCUT2D eigenvalue weighted by Gasteiger charge is 2.17. The van der Waals surface area contributed by atoms with Crippen molar-refractivity contribution in [1.82, 2.24) is 5.32 Å². The maximum absolute atomic E-state index is 6.26.